The zero-order valence-corrected chi connectivity index (χ0v) is 17.0. The second-order valence-corrected chi connectivity index (χ2v) is 9.31. The molecule has 0 spiro atoms. The Hall–Kier alpha value is -2.48. The van der Waals surface area contributed by atoms with Gasteiger partial charge in [0.05, 0.1) is 4.88 Å². The van der Waals surface area contributed by atoms with E-state index in [1.54, 1.807) is 17.4 Å². The molecular weight excluding hydrogens is 388 g/mol. The molecule has 3 fully saturated rings. The minimum atomic E-state index is -0.264. The summed E-state index contributed by atoms with van der Waals surface area (Å²) in [6, 6.07) is 7.34. The molecule has 2 bridgehead atoms. The molecule has 2 aromatic rings. The zero-order chi connectivity index (χ0) is 20.0. The van der Waals surface area contributed by atoms with E-state index in [0.717, 1.165) is 30.7 Å². The summed E-state index contributed by atoms with van der Waals surface area (Å²) in [5, 5.41) is 6.37. The largest absolute Gasteiger partial charge is 0.340 e. The number of rotatable bonds is 3. The lowest BCUT2D eigenvalue weighted by molar-refractivity contribution is -0.149. The van der Waals surface area contributed by atoms with Crippen LogP contribution in [-0.2, 0) is 16.1 Å². The lowest BCUT2D eigenvalue weighted by atomic mass is 9.76. The molecule has 152 valence electrons. The van der Waals surface area contributed by atoms with E-state index in [1.165, 1.54) is 10.7 Å². The van der Waals surface area contributed by atoms with Gasteiger partial charge >= 0.3 is 0 Å². The van der Waals surface area contributed by atoms with Gasteiger partial charge in [0, 0.05) is 38.2 Å². The molecule has 0 aromatic carbocycles. The molecule has 8 heteroatoms. The molecule has 3 aliphatic heterocycles. The third-order valence-corrected chi connectivity index (χ3v) is 7.35. The number of hydrogen-bond donors (Lipinski definition) is 0. The van der Waals surface area contributed by atoms with Crippen molar-refractivity contribution in [1.29, 1.82) is 0 Å². The molecule has 3 atom stereocenters. The van der Waals surface area contributed by atoms with E-state index in [4.69, 9.17) is 0 Å². The van der Waals surface area contributed by atoms with E-state index in [1.807, 2.05) is 22.4 Å². The van der Waals surface area contributed by atoms with Crippen LogP contribution in [0.5, 0.6) is 0 Å². The van der Waals surface area contributed by atoms with Crippen LogP contribution in [0.25, 0.3) is 10.6 Å². The van der Waals surface area contributed by atoms with Crippen molar-refractivity contribution in [2.24, 2.45) is 11.8 Å². The fourth-order valence-corrected chi connectivity index (χ4v) is 5.85. The number of hydrogen-bond acceptors (Lipinski definition) is 5. The third-order valence-electron chi connectivity index (χ3n) is 6.46. The van der Waals surface area contributed by atoms with Gasteiger partial charge < -0.3 is 9.80 Å². The summed E-state index contributed by atoms with van der Waals surface area (Å²) in [4.78, 5) is 42.5. The molecule has 5 heterocycles. The van der Waals surface area contributed by atoms with Crippen LogP contribution in [0.4, 0.5) is 0 Å². The van der Waals surface area contributed by atoms with Gasteiger partial charge in [0.25, 0.3) is 5.56 Å². The quantitative estimate of drug-likeness (QED) is 0.771. The van der Waals surface area contributed by atoms with E-state index < -0.39 is 0 Å². The normalized spacial score (nSPS) is 26.3. The number of nitrogens with zero attached hydrogens (tertiary/aromatic N) is 4. The van der Waals surface area contributed by atoms with Gasteiger partial charge in [-0.25, -0.2) is 4.68 Å². The topological polar surface area (TPSA) is 75.5 Å². The molecule has 1 unspecified atom stereocenters. The van der Waals surface area contributed by atoms with Crippen molar-refractivity contribution < 1.29 is 9.59 Å². The van der Waals surface area contributed by atoms with Crippen molar-refractivity contribution in [2.45, 2.75) is 38.3 Å². The molecular formula is C21H24N4O3S. The maximum absolute atomic E-state index is 13.0. The van der Waals surface area contributed by atoms with Gasteiger partial charge in [0.1, 0.15) is 12.2 Å². The fourth-order valence-electron chi connectivity index (χ4n) is 5.16. The van der Waals surface area contributed by atoms with Crippen molar-refractivity contribution in [1.82, 2.24) is 19.6 Å². The second kappa shape index (κ2) is 7.40. The number of aromatic nitrogens is 2. The van der Waals surface area contributed by atoms with Crippen LogP contribution in [0, 0.1) is 11.8 Å². The lowest BCUT2D eigenvalue weighted by Gasteiger charge is -2.52. The second-order valence-electron chi connectivity index (χ2n) is 8.36. The van der Waals surface area contributed by atoms with Crippen LogP contribution in [0.15, 0.2) is 34.4 Å². The Labute approximate surface area is 172 Å². The maximum atomic E-state index is 13.0. The predicted octanol–water partition coefficient (Wildman–Crippen LogP) is 1.83. The number of amides is 2. The molecule has 2 amide bonds. The van der Waals surface area contributed by atoms with Gasteiger partial charge in [-0.1, -0.05) is 6.07 Å². The Morgan fingerprint density at radius 1 is 1.17 bits per heavy atom. The lowest BCUT2D eigenvalue weighted by Crippen LogP contribution is -2.61. The molecule has 0 aliphatic carbocycles. The molecule has 7 nitrogen and oxygen atoms in total. The van der Waals surface area contributed by atoms with Crippen molar-refractivity contribution in [3.8, 4) is 10.6 Å². The van der Waals surface area contributed by atoms with Gasteiger partial charge in [0.2, 0.25) is 11.8 Å². The van der Waals surface area contributed by atoms with E-state index >= 15 is 0 Å². The Morgan fingerprint density at radius 2 is 2.07 bits per heavy atom. The monoisotopic (exact) mass is 412 g/mol. The minimum Gasteiger partial charge on any atom is -0.340 e. The highest BCUT2D eigenvalue weighted by molar-refractivity contribution is 7.13. The number of piperidine rings is 3. The summed E-state index contributed by atoms with van der Waals surface area (Å²) >= 11 is 1.55. The van der Waals surface area contributed by atoms with Gasteiger partial charge in [-0.15, -0.1) is 11.3 Å². The zero-order valence-electron chi connectivity index (χ0n) is 16.2. The van der Waals surface area contributed by atoms with Crippen LogP contribution < -0.4 is 5.56 Å². The number of fused-ring (bicyclic) bond motifs is 4. The van der Waals surface area contributed by atoms with Crippen LogP contribution in [0.2, 0.25) is 0 Å². The maximum Gasteiger partial charge on any atom is 0.267 e. The van der Waals surface area contributed by atoms with E-state index in [2.05, 4.69) is 10.00 Å². The van der Waals surface area contributed by atoms with Gasteiger partial charge in [0.15, 0.2) is 0 Å². The molecule has 0 radical (unpaired) electrons. The SMILES string of the molecule is O=C(Cn1nc(-c2cccs2)ccc1=O)N1C[C@@H]2C[C@@H](C1)C1CCCC(=O)N1C2. The molecule has 3 saturated heterocycles. The first-order chi connectivity index (χ1) is 14.1. The highest BCUT2D eigenvalue weighted by Crippen LogP contribution is 2.37. The van der Waals surface area contributed by atoms with Crippen molar-refractivity contribution in [2.75, 3.05) is 19.6 Å². The van der Waals surface area contributed by atoms with E-state index in [0.29, 0.717) is 37.0 Å². The molecule has 29 heavy (non-hydrogen) atoms. The van der Waals surface area contributed by atoms with Crippen LogP contribution >= 0.6 is 11.3 Å². The first kappa shape index (κ1) is 18.5. The Bertz CT molecular complexity index is 986. The highest BCUT2D eigenvalue weighted by atomic mass is 32.1. The predicted molar refractivity (Wildman–Crippen MR) is 109 cm³/mol. The highest BCUT2D eigenvalue weighted by Gasteiger charge is 2.44. The standard InChI is InChI=1S/C21H24N4O3S/c26-19-5-1-3-17-15-9-14(11-24(17)19)10-23(12-15)21(28)13-25-20(27)7-6-16(22-25)18-4-2-8-29-18/h2,4,6-8,14-15,17H,1,3,5,9-13H2/t14-,15-,17?/m0/s1. The summed E-state index contributed by atoms with van der Waals surface area (Å²) in [5.74, 6) is 0.890. The van der Waals surface area contributed by atoms with Crippen LogP contribution in [0.1, 0.15) is 25.7 Å². The molecule has 0 N–H and O–H groups in total. The average Bonchev–Trinajstić information content (AvgIpc) is 3.25. The van der Waals surface area contributed by atoms with Crippen molar-refractivity contribution in [3.63, 3.8) is 0 Å². The van der Waals surface area contributed by atoms with Gasteiger partial charge in [-0.05, 0) is 48.6 Å². The van der Waals surface area contributed by atoms with Crippen LogP contribution in [0.3, 0.4) is 0 Å². The number of carbonyl (C=O) groups excluding carboxylic acids is 2. The Kier molecular flexibility index (Phi) is 4.73. The van der Waals surface area contributed by atoms with Crippen LogP contribution in [-0.4, -0.2) is 57.1 Å². The Balaban J connectivity index is 1.32. The fraction of sp³-hybridized carbons (Fsp3) is 0.524. The summed E-state index contributed by atoms with van der Waals surface area (Å²) in [6.45, 7) is 2.05. The Morgan fingerprint density at radius 3 is 2.90 bits per heavy atom. The van der Waals surface area contributed by atoms with E-state index in [-0.39, 0.29) is 30.0 Å². The number of carbonyl (C=O) groups is 2. The first-order valence-corrected chi connectivity index (χ1v) is 11.2. The van der Waals surface area contributed by atoms with E-state index in [9.17, 15) is 14.4 Å². The summed E-state index contributed by atoms with van der Waals surface area (Å²) in [7, 11) is 0. The molecule has 5 rings (SSSR count). The average molecular weight is 413 g/mol. The summed E-state index contributed by atoms with van der Waals surface area (Å²) in [6.07, 6.45) is 3.73. The minimum absolute atomic E-state index is 0.0369. The van der Waals surface area contributed by atoms with Crippen molar-refractivity contribution in [3.05, 3.63) is 40.0 Å². The van der Waals surface area contributed by atoms with Gasteiger partial charge in [-0.3, -0.25) is 14.4 Å². The molecule has 2 aromatic heterocycles. The third kappa shape index (κ3) is 3.50. The first-order valence-electron chi connectivity index (χ1n) is 10.3. The summed E-state index contributed by atoms with van der Waals surface area (Å²) < 4.78 is 1.28. The number of likely N-dealkylation sites (tertiary alicyclic amines) is 1. The summed E-state index contributed by atoms with van der Waals surface area (Å²) in [5.41, 5.74) is 0.444. The van der Waals surface area contributed by atoms with Crippen molar-refractivity contribution >= 4 is 23.2 Å². The molecule has 0 saturated carbocycles. The number of thiophene rings is 1. The smallest absolute Gasteiger partial charge is 0.267 e. The van der Waals surface area contributed by atoms with Gasteiger partial charge in [-0.2, -0.15) is 5.10 Å². The molecule has 3 aliphatic rings.